The Morgan fingerprint density at radius 2 is 2.00 bits per heavy atom. The molecule has 0 aliphatic carbocycles. The minimum Gasteiger partial charge on any atom is -0.488 e. The number of rotatable bonds is 4. The molecule has 0 aliphatic heterocycles. The van der Waals surface area contributed by atoms with Crippen LogP contribution in [-0.2, 0) is 6.61 Å². The van der Waals surface area contributed by atoms with Gasteiger partial charge < -0.3 is 9.47 Å². The Hall–Kier alpha value is -1.21. The van der Waals surface area contributed by atoms with E-state index in [1.165, 1.54) is 18.2 Å². The summed E-state index contributed by atoms with van der Waals surface area (Å²) in [5, 5.41) is 1.93. The van der Waals surface area contributed by atoms with Gasteiger partial charge in [0.05, 0.1) is 4.47 Å². The quantitative estimate of drug-likeness (QED) is 0.771. The van der Waals surface area contributed by atoms with Crippen LogP contribution in [0.4, 0.5) is 13.2 Å². The molecule has 1 aromatic heterocycles. The summed E-state index contributed by atoms with van der Waals surface area (Å²) < 4.78 is 45.7. The van der Waals surface area contributed by atoms with Crippen molar-refractivity contribution in [3.63, 3.8) is 0 Å². The molecule has 7 heteroatoms. The van der Waals surface area contributed by atoms with Crippen molar-refractivity contribution in [2.75, 3.05) is 0 Å². The molecule has 2 aromatic rings. The highest BCUT2D eigenvalue weighted by Crippen LogP contribution is 2.33. The van der Waals surface area contributed by atoms with Crippen LogP contribution in [0.1, 0.15) is 4.88 Å². The maximum Gasteiger partial charge on any atom is 0.573 e. The molecule has 19 heavy (non-hydrogen) atoms. The van der Waals surface area contributed by atoms with Crippen LogP contribution in [0.2, 0.25) is 0 Å². The second kappa shape index (κ2) is 5.83. The number of benzene rings is 1. The van der Waals surface area contributed by atoms with Crippen LogP contribution in [0, 0.1) is 0 Å². The molecule has 2 rings (SSSR count). The van der Waals surface area contributed by atoms with Gasteiger partial charge in [0.15, 0.2) is 0 Å². The van der Waals surface area contributed by atoms with Gasteiger partial charge in [-0.2, -0.15) is 0 Å². The van der Waals surface area contributed by atoms with E-state index >= 15 is 0 Å². The molecule has 0 fully saturated rings. The number of hydrogen-bond acceptors (Lipinski definition) is 3. The lowest BCUT2D eigenvalue weighted by atomic mass is 10.3. The number of halogens is 4. The Morgan fingerprint density at radius 3 is 2.58 bits per heavy atom. The number of alkyl halides is 3. The summed E-state index contributed by atoms with van der Waals surface area (Å²) in [5.41, 5.74) is 0. The van der Waals surface area contributed by atoms with E-state index in [-0.39, 0.29) is 10.2 Å². The van der Waals surface area contributed by atoms with Crippen LogP contribution >= 0.6 is 27.3 Å². The Morgan fingerprint density at radius 1 is 1.21 bits per heavy atom. The van der Waals surface area contributed by atoms with E-state index in [1.54, 1.807) is 11.3 Å². The third-order valence-corrected chi connectivity index (χ3v) is 3.56. The van der Waals surface area contributed by atoms with Crippen LogP contribution in [0.5, 0.6) is 11.5 Å². The van der Waals surface area contributed by atoms with Gasteiger partial charge in [-0.1, -0.05) is 6.07 Å². The molecule has 102 valence electrons. The van der Waals surface area contributed by atoms with Crippen LogP contribution in [0.15, 0.2) is 40.2 Å². The number of ether oxygens (including phenoxy) is 2. The highest BCUT2D eigenvalue weighted by molar-refractivity contribution is 9.10. The van der Waals surface area contributed by atoms with Crippen LogP contribution in [0.3, 0.4) is 0 Å². The van der Waals surface area contributed by atoms with Gasteiger partial charge in [0.1, 0.15) is 18.1 Å². The van der Waals surface area contributed by atoms with E-state index in [4.69, 9.17) is 4.74 Å². The van der Waals surface area contributed by atoms with Gasteiger partial charge in [-0.15, -0.1) is 24.5 Å². The van der Waals surface area contributed by atoms with E-state index in [9.17, 15) is 13.2 Å². The zero-order chi connectivity index (χ0) is 13.9. The lowest BCUT2D eigenvalue weighted by molar-refractivity contribution is -0.274. The Kier molecular flexibility index (Phi) is 4.36. The van der Waals surface area contributed by atoms with Crippen LogP contribution in [0.25, 0.3) is 0 Å². The van der Waals surface area contributed by atoms with Crippen LogP contribution in [-0.4, -0.2) is 6.36 Å². The molecule has 0 atom stereocenters. The molecule has 0 spiro atoms. The van der Waals surface area contributed by atoms with Gasteiger partial charge in [0.2, 0.25) is 0 Å². The fraction of sp³-hybridized carbons (Fsp3) is 0.167. The number of hydrogen-bond donors (Lipinski definition) is 0. The van der Waals surface area contributed by atoms with Crippen LogP contribution < -0.4 is 9.47 Å². The fourth-order valence-corrected chi connectivity index (χ4v) is 2.38. The summed E-state index contributed by atoms with van der Waals surface area (Å²) in [5.74, 6) is 0.172. The van der Waals surface area contributed by atoms with Crippen molar-refractivity contribution in [3.8, 4) is 11.5 Å². The summed E-state index contributed by atoms with van der Waals surface area (Å²) in [6, 6.07) is 7.90. The Labute approximate surface area is 119 Å². The average Bonchev–Trinajstić information content (AvgIpc) is 2.81. The second-order valence-electron chi connectivity index (χ2n) is 3.51. The molecule has 0 N–H and O–H groups in total. The van der Waals surface area contributed by atoms with Gasteiger partial charge >= 0.3 is 6.36 Å². The first-order chi connectivity index (χ1) is 8.94. The van der Waals surface area contributed by atoms with Gasteiger partial charge in [-0.05, 0) is 45.6 Å². The van der Waals surface area contributed by atoms with Crippen molar-refractivity contribution < 1.29 is 22.6 Å². The molecule has 0 bridgehead atoms. The molecule has 2 nitrogen and oxygen atoms in total. The molecular formula is C12H8BrF3O2S. The normalized spacial score (nSPS) is 11.4. The van der Waals surface area contributed by atoms with Crippen molar-refractivity contribution in [3.05, 3.63) is 45.1 Å². The third-order valence-electron chi connectivity index (χ3n) is 2.09. The summed E-state index contributed by atoms with van der Waals surface area (Å²) in [4.78, 5) is 1.03. The first kappa shape index (κ1) is 14.2. The Bertz CT molecular complexity index is 540. The van der Waals surface area contributed by atoms with E-state index < -0.39 is 6.36 Å². The molecule has 0 aliphatic rings. The largest absolute Gasteiger partial charge is 0.573 e. The lowest BCUT2D eigenvalue weighted by Gasteiger charge is -2.12. The minimum atomic E-state index is -4.71. The molecule has 1 aromatic carbocycles. The molecule has 0 amide bonds. The van der Waals surface area contributed by atoms with Crippen molar-refractivity contribution in [2.24, 2.45) is 0 Å². The maximum atomic E-state index is 12.1. The van der Waals surface area contributed by atoms with Crippen molar-refractivity contribution in [1.82, 2.24) is 0 Å². The zero-order valence-electron chi connectivity index (χ0n) is 9.41. The van der Waals surface area contributed by atoms with Crippen molar-refractivity contribution in [1.29, 1.82) is 0 Å². The topological polar surface area (TPSA) is 18.5 Å². The summed E-state index contributed by atoms with van der Waals surface area (Å²) in [6.07, 6.45) is -4.71. The van der Waals surface area contributed by atoms with Gasteiger partial charge in [0.25, 0.3) is 0 Å². The standard InChI is InChI=1S/C12H8BrF3O2S/c13-10-6-8(17-7-9-2-1-5-19-9)3-4-11(10)18-12(14,15)16/h1-6H,7H2. The predicted octanol–water partition coefficient (Wildman–Crippen LogP) is 4.99. The molecule has 0 saturated heterocycles. The van der Waals surface area contributed by atoms with Gasteiger partial charge in [-0.3, -0.25) is 0 Å². The fourth-order valence-electron chi connectivity index (χ4n) is 1.33. The van der Waals surface area contributed by atoms with E-state index in [0.717, 1.165) is 4.88 Å². The maximum absolute atomic E-state index is 12.1. The molecule has 0 radical (unpaired) electrons. The zero-order valence-corrected chi connectivity index (χ0v) is 11.8. The summed E-state index contributed by atoms with van der Waals surface area (Å²) in [6.45, 7) is 0.379. The Balaban J connectivity index is 2.02. The molecule has 0 unspecified atom stereocenters. The van der Waals surface area contributed by atoms with Gasteiger partial charge in [-0.25, -0.2) is 0 Å². The smallest absolute Gasteiger partial charge is 0.488 e. The van der Waals surface area contributed by atoms with Gasteiger partial charge in [0, 0.05) is 4.88 Å². The summed E-state index contributed by atoms with van der Waals surface area (Å²) >= 11 is 4.56. The number of thiophene rings is 1. The molecule has 0 saturated carbocycles. The minimum absolute atomic E-state index is 0.188. The van der Waals surface area contributed by atoms with E-state index in [2.05, 4.69) is 20.7 Å². The lowest BCUT2D eigenvalue weighted by Crippen LogP contribution is -2.17. The molecular weight excluding hydrogens is 345 g/mol. The van der Waals surface area contributed by atoms with E-state index in [0.29, 0.717) is 12.4 Å². The highest BCUT2D eigenvalue weighted by Gasteiger charge is 2.31. The monoisotopic (exact) mass is 352 g/mol. The van der Waals surface area contributed by atoms with Crippen molar-refractivity contribution in [2.45, 2.75) is 13.0 Å². The first-order valence-electron chi connectivity index (χ1n) is 5.14. The second-order valence-corrected chi connectivity index (χ2v) is 5.39. The average molecular weight is 353 g/mol. The summed E-state index contributed by atoms with van der Waals surface area (Å²) in [7, 11) is 0. The SMILES string of the molecule is FC(F)(F)Oc1ccc(OCc2cccs2)cc1Br. The van der Waals surface area contributed by atoms with E-state index in [1.807, 2.05) is 17.5 Å². The molecule has 1 heterocycles. The third kappa shape index (κ3) is 4.43. The predicted molar refractivity (Wildman–Crippen MR) is 69.5 cm³/mol. The first-order valence-corrected chi connectivity index (χ1v) is 6.82. The highest BCUT2D eigenvalue weighted by atomic mass is 79.9. The van der Waals surface area contributed by atoms with Crippen molar-refractivity contribution >= 4 is 27.3 Å².